The van der Waals surface area contributed by atoms with Gasteiger partial charge >= 0.3 is 0 Å². The van der Waals surface area contributed by atoms with Gasteiger partial charge in [0.1, 0.15) is 10.6 Å². The van der Waals surface area contributed by atoms with Crippen molar-refractivity contribution in [2.75, 3.05) is 11.8 Å². The lowest BCUT2D eigenvalue weighted by Gasteiger charge is -2.14. The van der Waals surface area contributed by atoms with Crippen molar-refractivity contribution >= 4 is 33.2 Å². The smallest absolute Gasteiger partial charge is 0.263 e. The average molecular weight is 409 g/mol. The average Bonchev–Trinajstić information content (AvgIpc) is 3.15. The van der Waals surface area contributed by atoms with Gasteiger partial charge in [-0.3, -0.25) is 9.52 Å². The number of hydrogen-bond donors (Lipinski definition) is 2. The Hall–Kier alpha value is -2.25. The minimum absolute atomic E-state index is 0.0495. The Morgan fingerprint density at radius 2 is 1.78 bits per heavy atom. The molecule has 0 atom stereocenters. The second kappa shape index (κ2) is 8.19. The molecule has 27 heavy (non-hydrogen) atoms. The number of halogens is 1. The van der Waals surface area contributed by atoms with Crippen LogP contribution in [0.15, 0.2) is 47.4 Å². The summed E-state index contributed by atoms with van der Waals surface area (Å²) >= 11 is 6.10. The largest absolute Gasteiger partial charge is 0.497 e. The summed E-state index contributed by atoms with van der Waals surface area (Å²) in [5.74, 6) is 0.320. The standard InChI is InChI=1S/C19H21ClN2O4S/c1-26-16-9-7-15(8-10-16)22-27(24,25)18-12-13(6-11-17(18)20)19(23)21-14-4-2-3-5-14/h6-12,14,22H,2-5H2,1H3,(H,21,23). The second-order valence-electron chi connectivity index (χ2n) is 6.43. The van der Waals surface area contributed by atoms with Gasteiger partial charge in [0, 0.05) is 17.3 Å². The van der Waals surface area contributed by atoms with Crippen molar-refractivity contribution in [2.24, 2.45) is 0 Å². The first kappa shape index (κ1) is 19.5. The first-order valence-electron chi connectivity index (χ1n) is 8.66. The van der Waals surface area contributed by atoms with Crippen molar-refractivity contribution < 1.29 is 17.9 Å². The van der Waals surface area contributed by atoms with Crippen LogP contribution in [0.5, 0.6) is 5.75 Å². The fraction of sp³-hybridized carbons (Fsp3) is 0.316. The van der Waals surface area contributed by atoms with Gasteiger partial charge in [-0.1, -0.05) is 24.4 Å². The molecule has 0 unspecified atom stereocenters. The Morgan fingerprint density at radius 1 is 1.11 bits per heavy atom. The number of nitrogens with one attached hydrogen (secondary N) is 2. The van der Waals surface area contributed by atoms with Crippen LogP contribution in [0, 0.1) is 0 Å². The van der Waals surface area contributed by atoms with Crippen molar-refractivity contribution in [3.63, 3.8) is 0 Å². The lowest BCUT2D eigenvalue weighted by molar-refractivity contribution is 0.0937. The number of ether oxygens (including phenoxy) is 1. The molecule has 2 N–H and O–H groups in total. The van der Waals surface area contributed by atoms with E-state index < -0.39 is 10.0 Å². The summed E-state index contributed by atoms with van der Waals surface area (Å²) in [5, 5.41) is 2.99. The normalized spacial score (nSPS) is 14.7. The third-order valence-electron chi connectivity index (χ3n) is 4.52. The molecule has 0 spiro atoms. The summed E-state index contributed by atoms with van der Waals surface area (Å²) < 4.78 is 33.0. The van der Waals surface area contributed by atoms with E-state index in [0.29, 0.717) is 11.4 Å². The van der Waals surface area contributed by atoms with Crippen LogP contribution < -0.4 is 14.8 Å². The van der Waals surface area contributed by atoms with Crippen molar-refractivity contribution in [2.45, 2.75) is 36.6 Å². The van der Waals surface area contributed by atoms with E-state index >= 15 is 0 Å². The first-order valence-corrected chi connectivity index (χ1v) is 10.5. The van der Waals surface area contributed by atoms with Crippen molar-refractivity contribution in [1.29, 1.82) is 0 Å². The Balaban J connectivity index is 1.82. The van der Waals surface area contributed by atoms with Gasteiger partial charge < -0.3 is 10.1 Å². The van der Waals surface area contributed by atoms with Crippen LogP contribution in [0.3, 0.4) is 0 Å². The Bertz CT molecular complexity index is 923. The van der Waals surface area contributed by atoms with Gasteiger partial charge in [-0.25, -0.2) is 8.42 Å². The summed E-state index contributed by atoms with van der Waals surface area (Å²) in [7, 11) is -2.42. The SMILES string of the molecule is COc1ccc(NS(=O)(=O)c2cc(C(=O)NC3CCCC3)ccc2Cl)cc1. The number of rotatable bonds is 6. The maximum Gasteiger partial charge on any atom is 0.263 e. The first-order chi connectivity index (χ1) is 12.9. The Morgan fingerprint density at radius 3 is 2.41 bits per heavy atom. The van der Waals surface area contributed by atoms with E-state index in [0.717, 1.165) is 25.7 Å². The number of methoxy groups -OCH3 is 1. The molecule has 0 heterocycles. The molecule has 3 rings (SSSR count). The van der Waals surface area contributed by atoms with Crippen molar-refractivity contribution in [3.8, 4) is 5.75 Å². The Labute approximate surface area is 163 Å². The predicted octanol–water partition coefficient (Wildman–Crippen LogP) is 3.82. The van der Waals surface area contributed by atoms with Gasteiger partial charge in [0.15, 0.2) is 0 Å². The summed E-state index contributed by atoms with van der Waals surface area (Å²) in [6, 6.07) is 10.9. The number of carbonyl (C=O) groups is 1. The fourth-order valence-electron chi connectivity index (χ4n) is 3.06. The molecule has 0 saturated heterocycles. The van der Waals surface area contributed by atoms with Crippen molar-refractivity contribution in [1.82, 2.24) is 5.32 Å². The third-order valence-corrected chi connectivity index (χ3v) is 6.38. The highest BCUT2D eigenvalue weighted by atomic mass is 35.5. The van der Waals surface area contributed by atoms with Crippen LogP contribution in [0.1, 0.15) is 36.0 Å². The molecule has 8 heteroatoms. The molecule has 144 valence electrons. The van der Waals surface area contributed by atoms with E-state index in [1.54, 1.807) is 24.3 Å². The molecule has 6 nitrogen and oxygen atoms in total. The summed E-state index contributed by atoms with van der Waals surface area (Å²) in [5.41, 5.74) is 0.633. The molecule has 0 aromatic heterocycles. The molecule has 1 aliphatic rings. The number of amides is 1. The predicted molar refractivity (Wildman–Crippen MR) is 105 cm³/mol. The van der Waals surface area contributed by atoms with Gasteiger partial charge in [-0.15, -0.1) is 0 Å². The maximum absolute atomic E-state index is 12.7. The molecule has 0 radical (unpaired) electrons. The summed E-state index contributed by atoms with van der Waals surface area (Å²) in [6.07, 6.45) is 4.08. The monoisotopic (exact) mass is 408 g/mol. The van der Waals surface area contributed by atoms with Crippen LogP contribution in [0.25, 0.3) is 0 Å². The lowest BCUT2D eigenvalue weighted by Crippen LogP contribution is -2.32. The highest BCUT2D eigenvalue weighted by Gasteiger charge is 2.22. The van der Waals surface area contributed by atoms with Crippen molar-refractivity contribution in [3.05, 3.63) is 53.1 Å². The van der Waals surface area contributed by atoms with E-state index in [1.807, 2.05) is 0 Å². The molecule has 0 aliphatic heterocycles. The van der Waals surface area contributed by atoms with Gasteiger partial charge in [0.25, 0.3) is 15.9 Å². The number of benzene rings is 2. The summed E-state index contributed by atoms with van der Waals surface area (Å²) in [4.78, 5) is 12.3. The third kappa shape index (κ3) is 4.73. The van der Waals surface area contributed by atoms with Crippen LogP contribution in [-0.4, -0.2) is 27.5 Å². The Kier molecular flexibility index (Phi) is 5.92. The maximum atomic E-state index is 12.7. The van der Waals surface area contributed by atoms with E-state index in [-0.39, 0.29) is 27.4 Å². The molecule has 1 saturated carbocycles. The van der Waals surface area contributed by atoms with E-state index in [9.17, 15) is 13.2 Å². The molecular weight excluding hydrogens is 388 g/mol. The van der Waals surface area contributed by atoms with Gasteiger partial charge in [-0.2, -0.15) is 0 Å². The van der Waals surface area contributed by atoms with Gasteiger partial charge in [-0.05, 0) is 55.3 Å². The second-order valence-corrected chi connectivity index (χ2v) is 8.49. The number of hydrogen-bond acceptors (Lipinski definition) is 4. The minimum atomic E-state index is -3.95. The molecule has 1 fully saturated rings. The number of carbonyl (C=O) groups excluding carboxylic acids is 1. The zero-order valence-electron chi connectivity index (χ0n) is 14.9. The van der Waals surface area contributed by atoms with E-state index in [2.05, 4.69) is 10.0 Å². The van der Waals surface area contributed by atoms with Crippen LogP contribution in [0.2, 0.25) is 5.02 Å². The number of sulfonamides is 1. The quantitative estimate of drug-likeness (QED) is 0.760. The zero-order chi connectivity index (χ0) is 19.4. The molecular formula is C19H21ClN2O4S. The molecule has 2 aromatic rings. The number of anilines is 1. The minimum Gasteiger partial charge on any atom is -0.497 e. The highest BCUT2D eigenvalue weighted by Crippen LogP contribution is 2.26. The zero-order valence-corrected chi connectivity index (χ0v) is 16.4. The fourth-order valence-corrected chi connectivity index (χ4v) is 4.64. The molecule has 1 aliphatic carbocycles. The lowest BCUT2D eigenvalue weighted by atomic mass is 10.2. The summed E-state index contributed by atoms with van der Waals surface area (Å²) in [6.45, 7) is 0. The van der Waals surface area contributed by atoms with Gasteiger partial charge in [0.2, 0.25) is 0 Å². The van der Waals surface area contributed by atoms with Crippen LogP contribution >= 0.6 is 11.6 Å². The molecule has 1 amide bonds. The van der Waals surface area contributed by atoms with E-state index in [4.69, 9.17) is 16.3 Å². The van der Waals surface area contributed by atoms with E-state index in [1.165, 1.54) is 25.3 Å². The topological polar surface area (TPSA) is 84.5 Å². The van der Waals surface area contributed by atoms with Crippen LogP contribution in [0.4, 0.5) is 5.69 Å². The van der Waals surface area contributed by atoms with Crippen LogP contribution in [-0.2, 0) is 10.0 Å². The highest BCUT2D eigenvalue weighted by molar-refractivity contribution is 7.92. The van der Waals surface area contributed by atoms with Gasteiger partial charge in [0.05, 0.1) is 12.1 Å². The molecule has 0 bridgehead atoms. The molecule has 2 aromatic carbocycles.